The largest absolute Gasteiger partial charge is 0.508 e. The van der Waals surface area contributed by atoms with Gasteiger partial charge in [0.05, 0.1) is 0 Å². The number of fused-ring (bicyclic) bond motifs is 1. The molecule has 8 heteroatoms. The molecular weight excluding hydrogens is 372 g/mol. The molecule has 4 amide bonds. The van der Waals surface area contributed by atoms with E-state index in [0.717, 1.165) is 40.2 Å². The van der Waals surface area contributed by atoms with E-state index in [4.69, 9.17) is 0 Å². The van der Waals surface area contributed by atoms with Crippen molar-refractivity contribution in [1.82, 2.24) is 9.80 Å². The number of anilines is 2. The van der Waals surface area contributed by atoms with Crippen molar-refractivity contribution in [3.05, 3.63) is 59.5 Å². The third kappa shape index (κ3) is 3.87. The molecule has 0 aromatic heterocycles. The van der Waals surface area contributed by atoms with Crippen molar-refractivity contribution in [1.29, 1.82) is 0 Å². The maximum absolute atomic E-state index is 12.1. The molecule has 0 radical (unpaired) electrons. The zero-order valence-corrected chi connectivity index (χ0v) is 16.9. The van der Waals surface area contributed by atoms with Crippen LogP contribution < -0.4 is 9.80 Å². The Morgan fingerprint density at radius 3 is 2.38 bits per heavy atom. The molecular formula is C21H24N4O4. The van der Waals surface area contributed by atoms with Gasteiger partial charge in [0.25, 0.3) is 11.8 Å². The Morgan fingerprint density at radius 2 is 1.76 bits per heavy atom. The fourth-order valence-corrected chi connectivity index (χ4v) is 3.26. The number of aliphatic hydroxyl groups is 1. The van der Waals surface area contributed by atoms with Crippen LogP contribution >= 0.6 is 0 Å². The summed E-state index contributed by atoms with van der Waals surface area (Å²) in [6, 6.07) is 5.58. The SMILES string of the molecule is CN1C(=O)C(=C/C(O)=C/C=C/N2CCc3cc(N(C)C)ccc32)C(=O)N(C)C1=O. The van der Waals surface area contributed by atoms with Gasteiger partial charge < -0.3 is 14.9 Å². The molecule has 1 saturated heterocycles. The predicted molar refractivity (Wildman–Crippen MR) is 111 cm³/mol. The summed E-state index contributed by atoms with van der Waals surface area (Å²) < 4.78 is 0. The summed E-state index contributed by atoms with van der Waals surface area (Å²) >= 11 is 0. The van der Waals surface area contributed by atoms with Gasteiger partial charge in [-0.1, -0.05) is 0 Å². The van der Waals surface area contributed by atoms with E-state index in [1.165, 1.54) is 25.7 Å². The van der Waals surface area contributed by atoms with Crippen LogP contribution in [0.4, 0.5) is 16.2 Å². The molecule has 2 heterocycles. The number of rotatable bonds is 4. The number of benzene rings is 1. The monoisotopic (exact) mass is 396 g/mol. The van der Waals surface area contributed by atoms with E-state index in [9.17, 15) is 19.5 Å². The summed E-state index contributed by atoms with van der Waals surface area (Å²) in [5.74, 6) is -1.74. The van der Waals surface area contributed by atoms with E-state index < -0.39 is 17.8 Å². The number of nitrogens with zero attached hydrogens (tertiary/aromatic N) is 4. The highest BCUT2D eigenvalue weighted by Gasteiger charge is 2.37. The van der Waals surface area contributed by atoms with Gasteiger partial charge in [0.15, 0.2) is 0 Å². The lowest BCUT2D eigenvalue weighted by atomic mass is 10.1. The first-order valence-electron chi connectivity index (χ1n) is 9.17. The molecule has 29 heavy (non-hydrogen) atoms. The Labute approximate surface area is 169 Å². The van der Waals surface area contributed by atoms with Crippen molar-refractivity contribution in [3.63, 3.8) is 0 Å². The minimum absolute atomic E-state index is 0.253. The Morgan fingerprint density at radius 1 is 1.10 bits per heavy atom. The quantitative estimate of drug-likeness (QED) is 0.363. The standard InChI is InChI=1S/C21H24N4O4/c1-22(2)15-7-8-18-14(12-15)9-11-25(18)10-5-6-16(26)13-17-19(27)23(3)21(29)24(4)20(17)28/h5-8,10,12-13,26H,9,11H2,1-4H3/b10-5+,16-6-. The van der Waals surface area contributed by atoms with Gasteiger partial charge in [0.1, 0.15) is 11.3 Å². The topological polar surface area (TPSA) is 84.4 Å². The minimum Gasteiger partial charge on any atom is -0.508 e. The van der Waals surface area contributed by atoms with E-state index in [0.29, 0.717) is 0 Å². The Balaban J connectivity index is 1.75. The molecule has 2 aliphatic heterocycles. The number of aliphatic hydroxyl groups excluding tert-OH is 1. The Bertz CT molecular complexity index is 935. The third-order valence-electron chi connectivity index (χ3n) is 4.98. The van der Waals surface area contributed by atoms with Gasteiger partial charge in [-0.05, 0) is 48.4 Å². The molecule has 0 aliphatic carbocycles. The summed E-state index contributed by atoms with van der Waals surface area (Å²) in [5.41, 5.74) is 3.25. The lowest BCUT2D eigenvalue weighted by Gasteiger charge is -2.28. The van der Waals surface area contributed by atoms with Gasteiger partial charge in [-0.3, -0.25) is 19.4 Å². The fraction of sp³-hybridized carbons (Fsp3) is 0.286. The molecule has 2 aliphatic rings. The molecule has 1 fully saturated rings. The van der Waals surface area contributed by atoms with Gasteiger partial charge in [-0.15, -0.1) is 0 Å². The normalized spacial score (nSPS) is 17.5. The highest BCUT2D eigenvalue weighted by atomic mass is 16.3. The average molecular weight is 396 g/mol. The minimum atomic E-state index is -0.743. The third-order valence-corrected chi connectivity index (χ3v) is 4.98. The zero-order chi connectivity index (χ0) is 21.3. The van der Waals surface area contributed by atoms with E-state index in [1.807, 2.05) is 20.3 Å². The van der Waals surface area contributed by atoms with Crippen molar-refractivity contribution in [2.45, 2.75) is 6.42 Å². The van der Waals surface area contributed by atoms with Crippen LogP contribution in [0, 0.1) is 0 Å². The van der Waals surface area contributed by atoms with Crippen LogP contribution in [0.15, 0.2) is 54.0 Å². The van der Waals surface area contributed by atoms with Gasteiger partial charge in [0.2, 0.25) is 0 Å². The molecule has 1 N–H and O–H groups in total. The second kappa shape index (κ2) is 7.83. The van der Waals surface area contributed by atoms with E-state index in [1.54, 1.807) is 6.08 Å². The van der Waals surface area contributed by atoms with Crippen molar-refractivity contribution >= 4 is 29.2 Å². The Kier molecular flexibility index (Phi) is 5.45. The number of hydrogen-bond donors (Lipinski definition) is 1. The van der Waals surface area contributed by atoms with Crippen LogP contribution in [0.5, 0.6) is 0 Å². The van der Waals surface area contributed by atoms with Crippen LogP contribution in [0.2, 0.25) is 0 Å². The fourth-order valence-electron chi connectivity index (χ4n) is 3.26. The molecule has 1 aromatic carbocycles. The molecule has 0 bridgehead atoms. The number of hydrogen-bond acceptors (Lipinski definition) is 6. The van der Waals surface area contributed by atoms with Gasteiger partial charge in [0, 0.05) is 52.3 Å². The summed E-state index contributed by atoms with van der Waals surface area (Å²) in [5, 5.41) is 10.1. The molecule has 0 unspecified atom stereocenters. The molecule has 0 saturated carbocycles. The van der Waals surface area contributed by atoms with Gasteiger partial charge >= 0.3 is 6.03 Å². The maximum Gasteiger partial charge on any atom is 0.333 e. The number of allylic oxidation sites excluding steroid dienone is 3. The van der Waals surface area contributed by atoms with Crippen molar-refractivity contribution in [2.75, 3.05) is 44.5 Å². The summed E-state index contributed by atoms with van der Waals surface area (Å²) in [7, 11) is 6.58. The molecule has 1 aromatic rings. The van der Waals surface area contributed by atoms with Crippen LogP contribution in [-0.4, -0.2) is 67.5 Å². The number of urea groups is 1. The molecule has 8 nitrogen and oxygen atoms in total. The number of carbonyl (C=O) groups is 3. The van der Waals surface area contributed by atoms with E-state index in [-0.39, 0.29) is 11.3 Å². The lowest BCUT2D eigenvalue weighted by molar-refractivity contribution is -0.134. The summed E-state index contributed by atoms with van der Waals surface area (Å²) in [6.45, 7) is 0.826. The average Bonchev–Trinajstić information content (AvgIpc) is 3.10. The van der Waals surface area contributed by atoms with Crippen LogP contribution in [0.3, 0.4) is 0 Å². The molecule has 3 rings (SSSR count). The summed E-state index contributed by atoms with van der Waals surface area (Å²) in [6.07, 6.45) is 6.89. The number of imide groups is 2. The zero-order valence-electron chi connectivity index (χ0n) is 16.9. The molecule has 0 atom stereocenters. The van der Waals surface area contributed by atoms with Crippen LogP contribution in [-0.2, 0) is 16.0 Å². The number of barbiturate groups is 1. The molecule has 0 spiro atoms. The summed E-state index contributed by atoms with van der Waals surface area (Å²) in [4.78, 5) is 41.8. The second-order valence-corrected chi connectivity index (χ2v) is 7.15. The second-order valence-electron chi connectivity index (χ2n) is 7.15. The highest BCUT2D eigenvalue weighted by Crippen LogP contribution is 2.31. The first kappa shape index (κ1) is 20.2. The first-order valence-corrected chi connectivity index (χ1v) is 9.17. The van der Waals surface area contributed by atoms with Crippen molar-refractivity contribution < 1.29 is 19.5 Å². The van der Waals surface area contributed by atoms with Gasteiger partial charge in [-0.2, -0.15) is 0 Å². The smallest absolute Gasteiger partial charge is 0.333 e. The van der Waals surface area contributed by atoms with E-state index in [2.05, 4.69) is 28.0 Å². The van der Waals surface area contributed by atoms with Gasteiger partial charge in [-0.25, -0.2) is 4.79 Å². The number of amides is 4. The van der Waals surface area contributed by atoms with Crippen molar-refractivity contribution in [3.8, 4) is 0 Å². The van der Waals surface area contributed by atoms with Crippen molar-refractivity contribution in [2.24, 2.45) is 0 Å². The lowest BCUT2D eigenvalue weighted by Crippen LogP contribution is -2.53. The molecule has 152 valence electrons. The predicted octanol–water partition coefficient (Wildman–Crippen LogP) is 2.05. The number of likely N-dealkylation sites (N-methyl/N-ethyl adjacent to an activating group) is 2. The first-order chi connectivity index (χ1) is 13.7. The maximum atomic E-state index is 12.1. The van der Waals surface area contributed by atoms with Crippen LogP contribution in [0.1, 0.15) is 5.56 Å². The Hall–Kier alpha value is -3.55. The van der Waals surface area contributed by atoms with Crippen LogP contribution in [0.25, 0.3) is 0 Å². The number of carbonyl (C=O) groups excluding carboxylic acids is 3. The van der Waals surface area contributed by atoms with E-state index >= 15 is 0 Å². The highest BCUT2D eigenvalue weighted by molar-refractivity contribution is 6.28.